The minimum atomic E-state index is -0.566. The van der Waals surface area contributed by atoms with Crippen molar-refractivity contribution in [2.75, 3.05) is 0 Å². The number of hydrogen-bond donors (Lipinski definition) is 2. The highest BCUT2D eigenvalue weighted by atomic mass is 32.1. The first-order valence-corrected chi connectivity index (χ1v) is 11.4. The summed E-state index contributed by atoms with van der Waals surface area (Å²) in [5.74, 6) is -1.15. The average Bonchev–Trinajstić information content (AvgIpc) is 3.24. The highest BCUT2D eigenvalue weighted by Crippen LogP contribution is 2.49. The van der Waals surface area contributed by atoms with E-state index in [1.807, 2.05) is 47.8 Å². The fourth-order valence-electron chi connectivity index (χ4n) is 5.15. The SMILES string of the molecule is CC1(C)CC(=O)C2=C(C1)NC1C(C(=O)NC(=O)N1Cc1ccccc1)C2c1cccs1. The minimum Gasteiger partial charge on any atom is -0.367 e. The zero-order valence-electron chi connectivity index (χ0n) is 17.6. The normalized spacial score (nSPS) is 27.4. The standard InChI is InChI=1S/C24H25N3O3S/c1-24(2)11-15-18(16(28)12-24)19(17-9-6-10-31-17)20-21(25-15)27(23(30)26-22(20)29)13-14-7-4-3-5-8-14/h3-10,19-21,25H,11-13H2,1-2H3,(H,26,29,30). The molecule has 2 aliphatic heterocycles. The fourth-order valence-corrected chi connectivity index (χ4v) is 6.03. The van der Waals surface area contributed by atoms with Gasteiger partial charge in [0.15, 0.2) is 5.78 Å². The van der Waals surface area contributed by atoms with E-state index < -0.39 is 18.1 Å². The van der Waals surface area contributed by atoms with Gasteiger partial charge in [-0.05, 0) is 28.8 Å². The first-order chi connectivity index (χ1) is 14.8. The Morgan fingerprint density at radius 1 is 1.06 bits per heavy atom. The highest BCUT2D eigenvalue weighted by molar-refractivity contribution is 7.10. The number of hydrogen-bond acceptors (Lipinski definition) is 5. The van der Waals surface area contributed by atoms with Crippen molar-refractivity contribution in [3.63, 3.8) is 0 Å². The highest BCUT2D eigenvalue weighted by Gasteiger charge is 2.53. The second-order valence-electron chi connectivity index (χ2n) is 9.35. The van der Waals surface area contributed by atoms with Crippen LogP contribution in [0.25, 0.3) is 0 Å². The van der Waals surface area contributed by atoms with E-state index in [0.29, 0.717) is 25.0 Å². The average molecular weight is 436 g/mol. The van der Waals surface area contributed by atoms with E-state index in [1.165, 1.54) is 0 Å². The number of imide groups is 1. The van der Waals surface area contributed by atoms with Gasteiger partial charge >= 0.3 is 6.03 Å². The number of thiophene rings is 1. The summed E-state index contributed by atoms with van der Waals surface area (Å²) in [5.41, 5.74) is 2.41. The summed E-state index contributed by atoms with van der Waals surface area (Å²) < 4.78 is 0. The molecule has 1 fully saturated rings. The predicted molar refractivity (Wildman–Crippen MR) is 118 cm³/mol. The molecule has 3 aliphatic rings. The van der Waals surface area contributed by atoms with Gasteiger partial charge < -0.3 is 5.32 Å². The summed E-state index contributed by atoms with van der Waals surface area (Å²) in [6.45, 7) is 4.55. The minimum absolute atomic E-state index is 0.0925. The number of nitrogens with one attached hydrogen (secondary N) is 2. The fraction of sp³-hybridized carbons (Fsp3) is 0.375. The van der Waals surface area contributed by atoms with Gasteiger partial charge in [-0.15, -0.1) is 11.3 Å². The Morgan fingerprint density at radius 3 is 2.55 bits per heavy atom. The lowest BCUT2D eigenvalue weighted by atomic mass is 9.67. The van der Waals surface area contributed by atoms with Crippen LogP contribution in [0.3, 0.4) is 0 Å². The van der Waals surface area contributed by atoms with Gasteiger partial charge in [0.2, 0.25) is 5.91 Å². The van der Waals surface area contributed by atoms with E-state index in [-0.39, 0.29) is 23.0 Å². The summed E-state index contributed by atoms with van der Waals surface area (Å²) in [6.07, 6.45) is 0.670. The quantitative estimate of drug-likeness (QED) is 0.769. The Labute approximate surface area is 185 Å². The summed E-state index contributed by atoms with van der Waals surface area (Å²) >= 11 is 1.55. The molecule has 3 amide bonds. The van der Waals surface area contributed by atoms with Gasteiger partial charge in [-0.3, -0.25) is 19.8 Å². The van der Waals surface area contributed by atoms with Crippen molar-refractivity contribution in [2.24, 2.45) is 11.3 Å². The number of carbonyl (C=O) groups excluding carboxylic acids is 3. The van der Waals surface area contributed by atoms with Gasteiger partial charge in [-0.25, -0.2) is 4.79 Å². The Hall–Kier alpha value is -2.93. The molecular formula is C24H25N3O3S. The number of benzene rings is 1. The number of urea groups is 1. The lowest BCUT2D eigenvalue weighted by molar-refractivity contribution is -0.130. The molecule has 31 heavy (non-hydrogen) atoms. The lowest BCUT2D eigenvalue weighted by Crippen LogP contribution is -2.67. The molecule has 1 aliphatic carbocycles. The maximum atomic E-state index is 13.3. The van der Waals surface area contributed by atoms with Gasteiger partial charge in [0, 0.05) is 35.0 Å². The van der Waals surface area contributed by atoms with Crippen LogP contribution in [-0.2, 0) is 16.1 Å². The first-order valence-electron chi connectivity index (χ1n) is 10.6. The number of Topliss-reactive ketones (excluding diaryl/α,β-unsaturated/α-hetero) is 1. The van der Waals surface area contributed by atoms with Crippen LogP contribution in [0, 0.1) is 11.3 Å². The molecule has 3 atom stereocenters. The maximum absolute atomic E-state index is 13.3. The third-order valence-corrected chi connectivity index (χ3v) is 7.38. The third kappa shape index (κ3) is 3.47. The van der Waals surface area contributed by atoms with Crippen LogP contribution in [0.2, 0.25) is 0 Å². The molecule has 6 nitrogen and oxygen atoms in total. The molecule has 160 valence electrons. The van der Waals surface area contributed by atoms with Crippen LogP contribution in [-0.4, -0.2) is 28.8 Å². The summed E-state index contributed by atoms with van der Waals surface area (Å²) in [5, 5.41) is 7.99. The van der Waals surface area contributed by atoms with Gasteiger partial charge in [-0.2, -0.15) is 0 Å². The van der Waals surface area contributed by atoms with Gasteiger partial charge in [0.1, 0.15) is 6.17 Å². The number of nitrogens with zero attached hydrogens (tertiary/aromatic N) is 1. The van der Waals surface area contributed by atoms with Crippen molar-refractivity contribution < 1.29 is 14.4 Å². The molecule has 0 saturated carbocycles. The molecule has 1 aromatic carbocycles. The molecular weight excluding hydrogens is 410 g/mol. The Bertz CT molecular complexity index is 1070. The molecule has 0 bridgehead atoms. The smallest absolute Gasteiger partial charge is 0.326 e. The number of allylic oxidation sites excluding steroid dienone is 2. The van der Waals surface area contributed by atoms with E-state index in [9.17, 15) is 14.4 Å². The summed E-state index contributed by atoms with van der Waals surface area (Å²) in [6, 6.07) is 13.3. The van der Waals surface area contributed by atoms with E-state index in [4.69, 9.17) is 0 Å². The number of fused-ring (bicyclic) bond motifs is 1. The van der Waals surface area contributed by atoms with Gasteiger partial charge in [-0.1, -0.05) is 50.2 Å². The molecule has 7 heteroatoms. The van der Waals surface area contributed by atoms with Crippen molar-refractivity contribution >= 4 is 29.1 Å². The van der Waals surface area contributed by atoms with Crippen LogP contribution in [0.4, 0.5) is 4.79 Å². The largest absolute Gasteiger partial charge is 0.367 e. The maximum Gasteiger partial charge on any atom is 0.326 e. The van der Waals surface area contributed by atoms with Gasteiger partial charge in [0.05, 0.1) is 5.92 Å². The predicted octanol–water partition coefficient (Wildman–Crippen LogP) is 3.77. The van der Waals surface area contributed by atoms with Crippen LogP contribution >= 0.6 is 11.3 Å². The number of carbonyl (C=O) groups is 3. The van der Waals surface area contributed by atoms with E-state index >= 15 is 0 Å². The van der Waals surface area contributed by atoms with Crippen molar-refractivity contribution in [3.05, 3.63) is 69.6 Å². The monoisotopic (exact) mass is 435 g/mol. The van der Waals surface area contributed by atoms with Gasteiger partial charge in [0.25, 0.3) is 0 Å². The molecule has 1 saturated heterocycles. The Balaban J connectivity index is 1.62. The Kier molecular flexibility index (Phi) is 4.73. The lowest BCUT2D eigenvalue weighted by Gasteiger charge is -2.50. The van der Waals surface area contributed by atoms with Crippen molar-refractivity contribution in [3.8, 4) is 0 Å². The van der Waals surface area contributed by atoms with Crippen LogP contribution in [0.5, 0.6) is 0 Å². The zero-order chi connectivity index (χ0) is 21.8. The molecule has 2 aromatic rings. The molecule has 5 rings (SSSR count). The second kappa shape index (κ2) is 7.34. The topological polar surface area (TPSA) is 78.5 Å². The van der Waals surface area contributed by atoms with E-state index in [2.05, 4.69) is 24.5 Å². The second-order valence-corrected chi connectivity index (χ2v) is 10.3. The van der Waals surface area contributed by atoms with Crippen molar-refractivity contribution in [2.45, 2.75) is 45.3 Å². The Morgan fingerprint density at radius 2 is 1.84 bits per heavy atom. The third-order valence-electron chi connectivity index (χ3n) is 6.43. The van der Waals surface area contributed by atoms with Crippen molar-refractivity contribution in [1.82, 2.24) is 15.5 Å². The molecule has 3 unspecified atom stereocenters. The molecule has 0 spiro atoms. The van der Waals surface area contributed by atoms with Crippen LogP contribution in [0.1, 0.15) is 43.0 Å². The summed E-state index contributed by atoms with van der Waals surface area (Å²) in [4.78, 5) is 41.9. The number of ketones is 1. The van der Waals surface area contributed by atoms with E-state index in [1.54, 1.807) is 16.2 Å². The molecule has 0 radical (unpaired) electrons. The molecule has 1 aromatic heterocycles. The number of amides is 3. The molecule has 3 heterocycles. The number of rotatable bonds is 3. The summed E-state index contributed by atoms with van der Waals surface area (Å²) in [7, 11) is 0. The molecule has 2 N–H and O–H groups in total. The van der Waals surface area contributed by atoms with Crippen LogP contribution in [0.15, 0.2) is 59.1 Å². The van der Waals surface area contributed by atoms with Crippen LogP contribution < -0.4 is 10.6 Å². The first kappa shape index (κ1) is 20.0. The van der Waals surface area contributed by atoms with E-state index in [0.717, 1.165) is 16.1 Å². The van der Waals surface area contributed by atoms with Crippen molar-refractivity contribution in [1.29, 1.82) is 0 Å². The zero-order valence-corrected chi connectivity index (χ0v) is 18.4.